The molecule has 4 nitrogen and oxygen atoms in total. The Morgan fingerprint density at radius 3 is 2.39 bits per heavy atom. The average molecular weight is 363 g/mol. The number of rotatable bonds is 2. The summed E-state index contributed by atoms with van der Waals surface area (Å²) in [5.74, 6) is 1.64. The normalized spacial score (nSPS) is 14.8. The largest absolute Gasteiger partial charge is 0.453 e. The van der Waals surface area contributed by atoms with E-state index >= 15 is 0 Å². The van der Waals surface area contributed by atoms with E-state index in [0.717, 1.165) is 52.5 Å². The van der Waals surface area contributed by atoms with E-state index in [1.807, 2.05) is 36.4 Å². The van der Waals surface area contributed by atoms with Gasteiger partial charge in [-0.3, -0.25) is 4.98 Å². The van der Waals surface area contributed by atoms with E-state index in [-0.39, 0.29) is 0 Å². The highest BCUT2D eigenvalue weighted by Gasteiger charge is 2.28. The van der Waals surface area contributed by atoms with Crippen molar-refractivity contribution < 1.29 is 4.74 Å². The van der Waals surface area contributed by atoms with E-state index in [1.54, 1.807) is 18.5 Å². The second-order valence-corrected chi connectivity index (χ2v) is 6.71. The number of hydrogen-bond donors (Lipinski definition) is 0. The summed E-state index contributed by atoms with van der Waals surface area (Å²) in [4.78, 5) is 6.51. The standard InChI is InChI=1S/C24H17N3O/c25-15-17-13-14-26-16-19(17)18-7-1-2-8-20(18)27-21-9-3-5-11-23(21)28-24-12-6-4-10-22(24)27/h2-6,8-14,16H,1,7H2. The van der Waals surface area contributed by atoms with E-state index in [1.165, 1.54) is 0 Å². The number of nitriles is 1. The third-order valence-corrected chi connectivity index (χ3v) is 5.09. The Morgan fingerprint density at radius 2 is 1.68 bits per heavy atom. The predicted octanol–water partition coefficient (Wildman–Crippen LogP) is 5.96. The van der Waals surface area contributed by atoms with Crippen LogP contribution in [0.3, 0.4) is 0 Å². The van der Waals surface area contributed by atoms with Crippen molar-refractivity contribution in [3.05, 3.63) is 96.0 Å². The van der Waals surface area contributed by atoms with Crippen molar-refractivity contribution in [2.24, 2.45) is 0 Å². The first-order chi connectivity index (χ1) is 13.9. The number of benzene rings is 2. The molecule has 0 fully saturated rings. The monoisotopic (exact) mass is 363 g/mol. The van der Waals surface area contributed by atoms with Crippen LogP contribution in [0.2, 0.25) is 0 Å². The summed E-state index contributed by atoms with van der Waals surface area (Å²) in [5, 5.41) is 9.61. The first kappa shape index (κ1) is 16.3. The molecule has 0 amide bonds. The summed E-state index contributed by atoms with van der Waals surface area (Å²) >= 11 is 0. The number of hydrogen-bond acceptors (Lipinski definition) is 4. The molecule has 0 saturated carbocycles. The summed E-state index contributed by atoms with van der Waals surface area (Å²) < 4.78 is 6.13. The molecule has 0 atom stereocenters. The van der Waals surface area contributed by atoms with Crippen LogP contribution in [0.15, 0.2) is 84.8 Å². The molecule has 0 saturated heterocycles. The molecule has 0 radical (unpaired) electrons. The molecule has 1 aliphatic carbocycles. The molecule has 28 heavy (non-hydrogen) atoms. The van der Waals surface area contributed by atoms with Crippen LogP contribution in [0, 0.1) is 11.3 Å². The number of allylic oxidation sites excluding steroid dienone is 3. The molecule has 0 bridgehead atoms. The zero-order chi connectivity index (χ0) is 18.9. The van der Waals surface area contributed by atoms with Crippen molar-refractivity contribution in [3.63, 3.8) is 0 Å². The lowest BCUT2D eigenvalue weighted by atomic mass is 9.92. The van der Waals surface area contributed by atoms with Crippen LogP contribution < -0.4 is 9.64 Å². The Balaban J connectivity index is 1.79. The van der Waals surface area contributed by atoms with E-state index in [9.17, 15) is 5.26 Å². The number of fused-ring (bicyclic) bond motifs is 2. The molecule has 0 spiro atoms. The first-order valence-corrected chi connectivity index (χ1v) is 9.27. The molecule has 134 valence electrons. The van der Waals surface area contributed by atoms with Crippen molar-refractivity contribution in [2.75, 3.05) is 4.90 Å². The Hall–Kier alpha value is -3.84. The third kappa shape index (κ3) is 2.57. The van der Waals surface area contributed by atoms with Gasteiger partial charge in [-0.15, -0.1) is 0 Å². The Morgan fingerprint density at radius 1 is 0.964 bits per heavy atom. The molecule has 2 aliphatic rings. The molecule has 0 unspecified atom stereocenters. The molecule has 4 heteroatoms. The SMILES string of the molecule is N#Cc1ccncc1C1=C(N2c3ccccc3Oc3ccccc32)C=CCC1. The fourth-order valence-corrected chi connectivity index (χ4v) is 3.83. The molecular weight excluding hydrogens is 346 g/mol. The number of pyridine rings is 1. The lowest BCUT2D eigenvalue weighted by Gasteiger charge is -2.35. The zero-order valence-corrected chi connectivity index (χ0v) is 15.2. The van der Waals surface area contributed by atoms with Crippen molar-refractivity contribution in [3.8, 4) is 17.6 Å². The minimum absolute atomic E-state index is 0.646. The van der Waals surface area contributed by atoms with Crippen molar-refractivity contribution in [2.45, 2.75) is 12.8 Å². The number of para-hydroxylation sites is 4. The van der Waals surface area contributed by atoms with Crippen LogP contribution >= 0.6 is 0 Å². The molecular formula is C24H17N3O. The van der Waals surface area contributed by atoms with Gasteiger partial charge < -0.3 is 9.64 Å². The summed E-state index contributed by atoms with van der Waals surface area (Å²) in [6.45, 7) is 0. The van der Waals surface area contributed by atoms with E-state index in [2.05, 4.69) is 40.2 Å². The summed E-state index contributed by atoms with van der Waals surface area (Å²) in [6.07, 6.45) is 9.58. The van der Waals surface area contributed by atoms with Gasteiger partial charge >= 0.3 is 0 Å². The van der Waals surface area contributed by atoms with E-state index in [0.29, 0.717) is 5.56 Å². The van der Waals surface area contributed by atoms with Gasteiger partial charge in [-0.05, 0) is 54.8 Å². The van der Waals surface area contributed by atoms with Crippen LogP contribution in [-0.4, -0.2) is 4.98 Å². The van der Waals surface area contributed by atoms with Crippen molar-refractivity contribution in [1.29, 1.82) is 5.26 Å². The van der Waals surface area contributed by atoms with Crippen LogP contribution in [0.1, 0.15) is 24.0 Å². The van der Waals surface area contributed by atoms with Gasteiger partial charge in [0.25, 0.3) is 0 Å². The van der Waals surface area contributed by atoms with E-state index in [4.69, 9.17) is 4.74 Å². The average Bonchev–Trinajstić information content (AvgIpc) is 2.77. The van der Waals surface area contributed by atoms with Gasteiger partial charge in [0.1, 0.15) is 0 Å². The van der Waals surface area contributed by atoms with Gasteiger partial charge in [0.2, 0.25) is 0 Å². The minimum atomic E-state index is 0.646. The van der Waals surface area contributed by atoms with Crippen LogP contribution in [0.4, 0.5) is 11.4 Å². The molecule has 1 aromatic heterocycles. The van der Waals surface area contributed by atoms with Gasteiger partial charge in [0.05, 0.1) is 23.0 Å². The van der Waals surface area contributed by atoms with E-state index < -0.39 is 0 Å². The highest BCUT2D eigenvalue weighted by atomic mass is 16.5. The zero-order valence-electron chi connectivity index (χ0n) is 15.2. The van der Waals surface area contributed by atoms with Crippen LogP contribution in [0.25, 0.3) is 5.57 Å². The van der Waals surface area contributed by atoms with Gasteiger partial charge in [0.15, 0.2) is 11.5 Å². The number of anilines is 2. The molecule has 3 aromatic rings. The maximum atomic E-state index is 9.61. The Kier molecular flexibility index (Phi) is 3.92. The maximum absolute atomic E-state index is 9.61. The topological polar surface area (TPSA) is 49.2 Å². The Bertz CT molecular complexity index is 1120. The molecule has 5 rings (SSSR count). The van der Waals surface area contributed by atoms with Gasteiger partial charge in [-0.2, -0.15) is 5.26 Å². The van der Waals surface area contributed by atoms with Crippen LogP contribution in [-0.2, 0) is 0 Å². The van der Waals surface area contributed by atoms with Crippen molar-refractivity contribution in [1.82, 2.24) is 4.98 Å². The molecule has 2 aromatic carbocycles. The smallest absolute Gasteiger partial charge is 0.151 e. The molecule has 1 aliphatic heterocycles. The third-order valence-electron chi connectivity index (χ3n) is 5.09. The second kappa shape index (κ2) is 6.71. The molecule has 0 N–H and O–H groups in total. The lowest BCUT2D eigenvalue weighted by molar-refractivity contribution is 0.476. The lowest BCUT2D eigenvalue weighted by Crippen LogP contribution is -2.22. The Labute approximate surface area is 163 Å². The van der Waals surface area contributed by atoms with Gasteiger partial charge in [-0.25, -0.2) is 0 Å². The highest BCUT2D eigenvalue weighted by Crippen LogP contribution is 2.50. The summed E-state index contributed by atoms with van der Waals surface area (Å²) in [7, 11) is 0. The second-order valence-electron chi connectivity index (χ2n) is 6.71. The highest BCUT2D eigenvalue weighted by molar-refractivity contribution is 5.88. The van der Waals surface area contributed by atoms with Gasteiger partial charge in [0, 0.05) is 23.7 Å². The predicted molar refractivity (Wildman–Crippen MR) is 109 cm³/mol. The minimum Gasteiger partial charge on any atom is -0.453 e. The van der Waals surface area contributed by atoms with Crippen LogP contribution in [0.5, 0.6) is 11.5 Å². The summed E-state index contributed by atoms with van der Waals surface area (Å²) in [5.41, 5.74) is 5.70. The van der Waals surface area contributed by atoms with Crippen molar-refractivity contribution >= 4 is 16.9 Å². The maximum Gasteiger partial charge on any atom is 0.151 e. The fourth-order valence-electron chi connectivity index (χ4n) is 3.83. The fraction of sp³-hybridized carbons (Fsp3) is 0.0833. The molecule has 2 heterocycles. The number of aromatic nitrogens is 1. The number of nitrogens with zero attached hydrogens (tertiary/aromatic N) is 3. The van der Waals surface area contributed by atoms with Gasteiger partial charge in [-0.1, -0.05) is 30.3 Å². The quantitative estimate of drug-likeness (QED) is 0.564. The number of ether oxygens (including phenoxy) is 1. The first-order valence-electron chi connectivity index (χ1n) is 9.27. The summed E-state index contributed by atoms with van der Waals surface area (Å²) in [6, 6.07) is 20.2.